The molecule has 84 valence electrons. The highest BCUT2D eigenvalue weighted by molar-refractivity contribution is 5.99. The molecule has 0 bridgehead atoms. The Labute approximate surface area is 92.1 Å². The molecule has 0 aliphatic carbocycles. The Hall–Kier alpha value is -1.91. The van der Waals surface area contributed by atoms with Crippen molar-refractivity contribution in [3.8, 4) is 0 Å². The van der Waals surface area contributed by atoms with E-state index in [-0.39, 0.29) is 17.5 Å². The summed E-state index contributed by atoms with van der Waals surface area (Å²) in [7, 11) is 1.71. The third-order valence-corrected chi connectivity index (χ3v) is 2.41. The van der Waals surface area contributed by atoms with Crippen LogP contribution >= 0.6 is 0 Å². The quantitative estimate of drug-likeness (QED) is 0.843. The standard InChI is InChI=1S/C11H12FN3O/c1-3-9(16)13-11-10-7(12)5-4-6-8(10)15(2)14-11/h4-6H,3H2,1-2H3,(H,13,14,16). The molecule has 0 fully saturated rings. The molecule has 0 atom stereocenters. The smallest absolute Gasteiger partial charge is 0.225 e. The number of carbonyl (C=O) groups excluding carboxylic acids is 1. The van der Waals surface area contributed by atoms with Gasteiger partial charge in [0.15, 0.2) is 5.82 Å². The Morgan fingerprint density at radius 3 is 3.00 bits per heavy atom. The predicted molar refractivity (Wildman–Crippen MR) is 59.6 cm³/mol. The van der Waals surface area contributed by atoms with Crippen LogP contribution in [0.3, 0.4) is 0 Å². The van der Waals surface area contributed by atoms with Crippen molar-refractivity contribution in [1.82, 2.24) is 9.78 Å². The van der Waals surface area contributed by atoms with E-state index >= 15 is 0 Å². The van der Waals surface area contributed by atoms with Crippen LogP contribution in [0.4, 0.5) is 10.2 Å². The van der Waals surface area contributed by atoms with Gasteiger partial charge in [0.05, 0.1) is 10.9 Å². The van der Waals surface area contributed by atoms with Crippen molar-refractivity contribution in [3.63, 3.8) is 0 Å². The molecule has 1 heterocycles. The maximum atomic E-state index is 13.6. The summed E-state index contributed by atoms with van der Waals surface area (Å²) in [6.07, 6.45) is 0.340. The van der Waals surface area contributed by atoms with Crippen molar-refractivity contribution in [1.29, 1.82) is 0 Å². The SMILES string of the molecule is CCC(=O)Nc1nn(C)c2cccc(F)c12. The molecular weight excluding hydrogens is 209 g/mol. The second-order valence-corrected chi connectivity index (χ2v) is 3.51. The van der Waals surface area contributed by atoms with Gasteiger partial charge in [-0.15, -0.1) is 0 Å². The van der Waals surface area contributed by atoms with Gasteiger partial charge in [0.1, 0.15) is 5.82 Å². The van der Waals surface area contributed by atoms with Crippen LogP contribution in [0, 0.1) is 5.82 Å². The van der Waals surface area contributed by atoms with Crippen LogP contribution in [0.5, 0.6) is 0 Å². The molecule has 16 heavy (non-hydrogen) atoms. The average Bonchev–Trinajstić information content (AvgIpc) is 2.57. The molecule has 0 unspecified atom stereocenters. The fourth-order valence-corrected chi connectivity index (χ4v) is 1.58. The minimum absolute atomic E-state index is 0.178. The van der Waals surface area contributed by atoms with Crippen LogP contribution in [0.15, 0.2) is 18.2 Å². The molecule has 0 aliphatic heterocycles. The number of hydrogen-bond donors (Lipinski definition) is 1. The number of rotatable bonds is 2. The van der Waals surface area contributed by atoms with Crippen molar-refractivity contribution in [2.75, 3.05) is 5.32 Å². The van der Waals surface area contributed by atoms with Gasteiger partial charge in [-0.3, -0.25) is 9.48 Å². The van der Waals surface area contributed by atoms with Crippen molar-refractivity contribution in [2.24, 2.45) is 7.05 Å². The lowest BCUT2D eigenvalue weighted by atomic mass is 10.2. The molecule has 1 N–H and O–H groups in total. The number of nitrogens with zero attached hydrogens (tertiary/aromatic N) is 2. The molecule has 0 aliphatic rings. The molecule has 2 aromatic rings. The highest BCUT2D eigenvalue weighted by Gasteiger charge is 2.13. The first kappa shape index (κ1) is 10.6. The van der Waals surface area contributed by atoms with E-state index in [1.165, 1.54) is 6.07 Å². The highest BCUT2D eigenvalue weighted by Crippen LogP contribution is 2.24. The van der Waals surface area contributed by atoms with Crippen molar-refractivity contribution >= 4 is 22.6 Å². The molecule has 1 aromatic carbocycles. The largest absolute Gasteiger partial charge is 0.309 e. The molecule has 0 saturated heterocycles. The number of carbonyl (C=O) groups is 1. The van der Waals surface area contributed by atoms with Crippen molar-refractivity contribution in [2.45, 2.75) is 13.3 Å². The molecule has 2 rings (SSSR count). The Bertz CT molecular complexity index is 547. The molecule has 0 saturated carbocycles. The maximum absolute atomic E-state index is 13.6. The lowest BCUT2D eigenvalue weighted by Gasteiger charge is -1.99. The molecular formula is C11H12FN3O. The molecule has 4 nitrogen and oxygen atoms in total. The topological polar surface area (TPSA) is 46.9 Å². The van der Waals surface area contributed by atoms with Gasteiger partial charge in [-0.05, 0) is 12.1 Å². The monoisotopic (exact) mass is 221 g/mol. The summed E-state index contributed by atoms with van der Waals surface area (Å²) in [5.74, 6) is -0.275. The van der Waals surface area contributed by atoms with Gasteiger partial charge in [-0.1, -0.05) is 13.0 Å². The number of anilines is 1. The Morgan fingerprint density at radius 2 is 2.31 bits per heavy atom. The lowest BCUT2D eigenvalue weighted by Crippen LogP contribution is -2.10. The zero-order chi connectivity index (χ0) is 11.7. The third-order valence-electron chi connectivity index (χ3n) is 2.41. The number of aromatic nitrogens is 2. The van der Waals surface area contributed by atoms with E-state index in [0.29, 0.717) is 17.3 Å². The molecule has 0 radical (unpaired) electrons. The molecule has 5 heteroatoms. The molecule has 1 aromatic heterocycles. The van der Waals surface area contributed by atoms with Crippen LogP contribution in [-0.4, -0.2) is 15.7 Å². The van der Waals surface area contributed by atoms with Crippen LogP contribution in [0.25, 0.3) is 10.9 Å². The van der Waals surface area contributed by atoms with Gasteiger partial charge in [0, 0.05) is 13.5 Å². The summed E-state index contributed by atoms with van der Waals surface area (Å²) >= 11 is 0. The van der Waals surface area contributed by atoms with Crippen LogP contribution in [0.1, 0.15) is 13.3 Å². The van der Waals surface area contributed by atoms with Crippen molar-refractivity contribution in [3.05, 3.63) is 24.0 Å². The van der Waals surface area contributed by atoms with Gasteiger partial charge in [0.25, 0.3) is 0 Å². The highest BCUT2D eigenvalue weighted by atomic mass is 19.1. The van der Waals surface area contributed by atoms with E-state index in [0.717, 1.165) is 0 Å². The first-order chi connectivity index (χ1) is 7.63. The van der Waals surface area contributed by atoms with Crippen LogP contribution < -0.4 is 5.32 Å². The molecule has 1 amide bonds. The Balaban J connectivity index is 2.57. The number of benzene rings is 1. The van der Waals surface area contributed by atoms with Crippen LogP contribution in [-0.2, 0) is 11.8 Å². The van der Waals surface area contributed by atoms with Gasteiger partial charge in [-0.2, -0.15) is 5.10 Å². The minimum Gasteiger partial charge on any atom is -0.309 e. The Morgan fingerprint density at radius 1 is 1.56 bits per heavy atom. The summed E-state index contributed by atoms with van der Waals surface area (Å²) in [4.78, 5) is 11.3. The zero-order valence-corrected chi connectivity index (χ0v) is 9.12. The minimum atomic E-state index is -0.378. The van der Waals surface area contributed by atoms with E-state index in [9.17, 15) is 9.18 Å². The number of amides is 1. The van der Waals surface area contributed by atoms with E-state index in [4.69, 9.17) is 0 Å². The number of aryl methyl sites for hydroxylation is 1. The fourth-order valence-electron chi connectivity index (χ4n) is 1.58. The number of halogens is 1. The van der Waals surface area contributed by atoms with Gasteiger partial charge in [-0.25, -0.2) is 4.39 Å². The van der Waals surface area contributed by atoms with E-state index in [2.05, 4.69) is 10.4 Å². The summed E-state index contributed by atoms with van der Waals surface area (Å²) in [5, 5.41) is 7.02. The summed E-state index contributed by atoms with van der Waals surface area (Å²) in [6, 6.07) is 4.73. The number of hydrogen-bond acceptors (Lipinski definition) is 2. The number of fused-ring (bicyclic) bond motifs is 1. The van der Waals surface area contributed by atoms with Crippen molar-refractivity contribution < 1.29 is 9.18 Å². The van der Waals surface area contributed by atoms with Gasteiger partial charge in [0.2, 0.25) is 5.91 Å². The molecule has 0 spiro atoms. The number of nitrogens with one attached hydrogen (secondary N) is 1. The Kier molecular flexibility index (Phi) is 2.60. The van der Waals surface area contributed by atoms with Crippen LogP contribution in [0.2, 0.25) is 0 Å². The maximum Gasteiger partial charge on any atom is 0.225 e. The first-order valence-corrected chi connectivity index (χ1v) is 5.04. The van der Waals surface area contributed by atoms with E-state index < -0.39 is 0 Å². The lowest BCUT2D eigenvalue weighted by molar-refractivity contribution is -0.115. The normalized spacial score (nSPS) is 10.7. The predicted octanol–water partition coefficient (Wildman–Crippen LogP) is 2.06. The summed E-state index contributed by atoms with van der Waals surface area (Å²) in [6.45, 7) is 1.73. The summed E-state index contributed by atoms with van der Waals surface area (Å²) in [5.41, 5.74) is 0.659. The third kappa shape index (κ3) is 1.64. The second-order valence-electron chi connectivity index (χ2n) is 3.51. The van der Waals surface area contributed by atoms with Gasteiger partial charge >= 0.3 is 0 Å². The fraction of sp³-hybridized carbons (Fsp3) is 0.273. The second kappa shape index (κ2) is 3.92. The zero-order valence-electron chi connectivity index (χ0n) is 9.12. The van der Waals surface area contributed by atoms with Gasteiger partial charge < -0.3 is 5.32 Å². The van der Waals surface area contributed by atoms with E-state index in [1.807, 2.05) is 0 Å². The van der Waals surface area contributed by atoms with E-state index in [1.54, 1.807) is 30.8 Å². The average molecular weight is 221 g/mol. The summed E-state index contributed by atoms with van der Waals surface area (Å²) < 4.78 is 15.2. The first-order valence-electron chi connectivity index (χ1n) is 5.04.